The van der Waals surface area contributed by atoms with Crippen molar-refractivity contribution in [3.8, 4) is 11.5 Å². The summed E-state index contributed by atoms with van der Waals surface area (Å²) in [6, 6.07) is 4.92. The standard InChI is InChI=1S/C18H19N3O4S/c1-10-2-4-12-15(6-10)26-18(20-12)21-16(22)8-19-17(23)11-3-5-13-14(7-11)25-9-24-13/h3,5,7,10H,2,4,6,8-9H2,1H3,(H,19,23)(H,20,21,22)/t10-/m0/s1. The van der Waals surface area contributed by atoms with E-state index in [1.165, 1.54) is 16.2 Å². The molecule has 136 valence electrons. The van der Waals surface area contributed by atoms with E-state index in [4.69, 9.17) is 9.47 Å². The van der Waals surface area contributed by atoms with Crippen molar-refractivity contribution in [3.63, 3.8) is 0 Å². The smallest absolute Gasteiger partial charge is 0.251 e. The third-order valence-electron chi connectivity index (χ3n) is 4.48. The molecule has 2 heterocycles. The Hall–Kier alpha value is -2.61. The van der Waals surface area contributed by atoms with Gasteiger partial charge in [-0.25, -0.2) is 4.98 Å². The van der Waals surface area contributed by atoms with Gasteiger partial charge in [0.15, 0.2) is 16.6 Å². The second-order valence-electron chi connectivity index (χ2n) is 6.54. The van der Waals surface area contributed by atoms with Crippen LogP contribution in [0.25, 0.3) is 0 Å². The number of rotatable bonds is 4. The maximum atomic E-state index is 12.2. The molecule has 1 atom stereocenters. The number of carbonyl (C=O) groups is 2. The minimum Gasteiger partial charge on any atom is -0.454 e. The van der Waals surface area contributed by atoms with Crippen molar-refractivity contribution in [2.24, 2.45) is 5.92 Å². The van der Waals surface area contributed by atoms with Crippen LogP contribution < -0.4 is 20.1 Å². The summed E-state index contributed by atoms with van der Waals surface area (Å²) in [4.78, 5) is 30.1. The van der Waals surface area contributed by atoms with Crippen molar-refractivity contribution in [2.75, 3.05) is 18.7 Å². The second-order valence-corrected chi connectivity index (χ2v) is 7.62. The van der Waals surface area contributed by atoms with Crippen molar-refractivity contribution in [1.29, 1.82) is 0 Å². The molecule has 1 aromatic heterocycles. The summed E-state index contributed by atoms with van der Waals surface area (Å²) < 4.78 is 10.5. The lowest BCUT2D eigenvalue weighted by Gasteiger charge is -2.15. The normalized spacial score (nSPS) is 17.5. The number of hydrogen-bond donors (Lipinski definition) is 2. The van der Waals surface area contributed by atoms with Gasteiger partial charge >= 0.3 is 0 Å². The maximum absolute atomic E-state index is 12.2. The van der Waals surface area contributed by atoms with Crippen LogP contribution in [0, 0.1) is 5.92 Å². The van der Waals surface area contributed by atoms with Crippen molar-refractivity contribution in [3.05, 3.63) is 34.3 Å². The van der Waals surface area contributed by atoms with Gasteiger partial charge in [0.1, 0.15) is 0 Å². The average molecular weight is 373 g/mol. The molecule has 2 aromatic rings. The lowest BCUT2D eigenvalue weighted by Crippen LogP contribution is -2.32. The number of anilines is 1. The molecule has 8 heteroatoms. The third kappa shape index (κ3) is 3.50. The molecule has 7 nitrogen and oxygen atoms in total. The van der Waals surface area contributed by atoms with Gasteiger partial charge in [0.05, 0.1) is 12.2 Å². The fourth-order valence-corrected chi connectivity index (χ4v) is 4.24. The van der Waals surface area contributed by atoms with Crippen LogP contribution in [0.4, 0.5) is 5.13 Å². The highest BCUT2D eigenvalue weighted by molar-refractivity contribution is 7.15. The molecule has 0 radical (unpaired) electrons. The largest absolute Gasteiger partial charge is 0.454 e. The lowest BCUT2D eigenvalue weighted by atomic mass is 9.93. The van der Waals surface area contributed by atoms with Gasteiger partial charge in [0.2, 0.25) is 12.7 Å². The fraction of sp³-hybridized carbons (Fsp3) is 0.389. The Morgan fingerprint density at radius 3 is 3.04 bits per heavy atom. The Kier molecular flexibility index (Phi) is 4.50. The molecule has 1 aromatic carbocycles. The number of amides is 2. The number of ether oxygens (including phenoxy) is 2. The number of nitrogens with one attached hydrogen (secondary N) is 2. The minimum atomic E-state index is -0.342. The van der Waals surface area contributed by atoms with E-state index in [1.807, 2.05) is 0 Å². The summed E-state index contributed by atoms with van der Waals surface area (Å²) in [6.45, 7) is 2.26. The molecule has 26 heavy (non-hydrogen) atoms. The predicted octanol–water partition coefficient (Wildman–Crippen LogP) is 2.37. The summed E-state index contributed by atoms with van der Waals surface area (Å²) in [5, 5.41) is 5.98. The number of nitrogens with zero attached hydrogens (tertiary/aromatic N) is 1. The first-order valence-corrected chi connectivity index (χ1v) is 9.36. The predicted molar refractivity (Wildman–Crippen MR) is 96.8 cm³/mol. The Morgan fingerprint density at radius 1 is 1.31 bits per heavy atom. The van der Waals surface area contributed by atoms with E-state index >= 15 is 0 Å². The van der Waals surface area contributed by atoms with Gasteiger partial charge in [-0.3, -0.25) is 9.59 Å². The van der Waals surface area contributed by atoms with E-state index < -0.39 is 0 Å². The molecule has 0 bridgehead atoms. The molecular formula is C18H19N3O4S. The second kappa shape index (κ2) is 6.95. The van der Waals surface area contributed by atoms with Crippen LogP contribution in [0.3, 0.4) is 0 Å². The summed E-state index contributed by atoms with van der Waals surface area (Å²) >= 11 is 1.53. The SMILES string of the molecule is C[C@H]1CCc2nc(NC(=O)CNC(=O)c3ccc4c(c3)OCO4)sc2C1. The van der Waals surface area contributed by atoms with Gasteiger partial charge in [0, 0.05) is 10.4 Å². The Balaban J connectivity index is 1.32. The monoisotopic (exact) mass is 373 g/mol. The molecule has 2 N–H and O–H groups in total. The molecule has 0 unspecified atom stereocenters. The summed E-state index contributed by atoms with van der Waals surface area (Å²) in [6.07, 6.45) is 3.11. The molecule has 2 aliphatic rings. The van der Waals surface area contributed by atoms with E-state index in [0.29, 0.717) is 28.1 Å². The highest BCUT2D eigenvalue weighted by Gasteiger charge is 2.21. The van der Waals surface area contributed by atoms with Crippen molar-refractivity contribution < 1.29 is 19.1 Å². The van der Waals surface area contributed by atoms with Gasteiger partial charge in [0.25, 0.3) is 5.91 Å². The number of carbonyl (C=O) groups excluding carboxylic acids is 2. The van der Waals surface area contributed by atoms with Crippen molar-refractivity contribution in [1.82, 2.24) is 10.3 Å². The Labute approximate surface area is 154 Å². The number of aryl methyl sites for hydroxylation is 1. The Morgan fingerprint density at radius 2 is 2.15 bits per heavy atom. The highest BCUT2D eigenvalue weighted by atomic mass is 32.1. The topological polar surface area (TPSA) is 89.6 Å². The zero-order valence-corrected chi connectivity index (χ0v) is 15.1. The highest BCUT2D eigenvalue weighted by Crippen LogP contribution is 2.33. The van der Waals surface area contributed by atoms with Crippen LogP contribution in [0.2, 0.25) is 0 Å². The summed E-state index contributed by atoms with van der Waals surface area (Å²) in [5.74, 6) is 1.17. The number of hydrogen-bond acceptors (Lipinski definition) is 6. The van der Waals surface area contributed by atoms with Gasteiger partial charge in [-0.15, -0.1) is 11.3 Å². The Bertz CT molecular complexity index is 864. The summed E-state index contributed by atoms with van der Waals surface area (Å²) in [7, 11) is 0. The molecule has 1 aliphatic heterocycles. The van der Waals surface area contributed by atoms with Gasteiger partial charge in [-0.1, -0.05) is 6.92 Å². The molecule has 4 rings (SSSR count). The van der Waals surface area contributed by atoms with Crippen LogP contribution in [0.1, 0.15) is 34.3 Å². The zero-order valence-electron chi connectivity index (χ0n) is 14.3. The maximum Gasteiger partial charge on any atom is 0.251 e. The molecule has 0 saturated heterocycles. The van der Waals surface area contributed by atoms with E-state index in [1.54, 1.807) is 18.2 Å². The van der Waals surface area contributed by atoms with Crippen LogP contribution in [0.5, 0.6) is 11.5 Å². The molecule has 0 saturated carbocycles. The number of thiazole rings is 1. The fourth-order valence-electron chi connectivity index (χ4n) is 3.06. The molecule has 0 fully saturated rings. The van der Waals surface area contributed by atoms with Crippen molar-refractivity contribution in [2.45, 2.75) is 26.2 Å². The van der Waals surface area contributed by atoms with Crippen molar-refractivity contribution >= 4 is 28.3 Å². The number of aromatic nitrogens is 1. The third-order valence-corrected chi connectivity index (χ3v) is 5.51. The first kappa shape index (κ1) is 16.8. The quantitative estimate of drug-likeness (QED) is 0.859. The average Bonchev–Trinajstić information content (AvgIpc) is 3.24. The molecule has 1 aliphatic carbocycles. The van der Waals surface area contributed by atoms with Crippen LogP contribution in [-0.2, 0) is 17.6 Å². The minimum absolute atomic E-state index is 0.117. The summed E-state index contributed by atoms with van der Waals surface area (Å²) in [5.41, 5.74) is 1.51. The molecule has 0 spiro atoms. The van der Waals surface area contributed by atoms with Gasteiger partial charge in [-0.2, -0.15) is 0 Å². The first-order chi connectivity index (χ1) is 12.6. The lowest BCUT2D eigenvalue weighted by molar-refractivity contribution is -0.115. The van der Waals surface area contributed by atoms with Crippen LogP contribution >= 0.6 is 11.3 Å². The van der Waals surface area contributed by atoms with Crippen LogP contribution in [-0.4, -0.2) is 30.1 Å². The zero-order chi connectivity index (χ0) is 18.1. The molecule has 2 amide bonds. The first-order valence-electron chi connectivity index (χ1n) is 8.55. The van der Waals surface area contributed by atoms with E-state index in [9.17, 15) is 9.59 Å². The van der Waals surface area contributed by atoms with E-state index in [2.05, 4.69) is 22.5 Å². The van der Waals surface area contributed by atoms with Gasteiger partial charge in [-0.05, 0) is 43.4 Å². The van der Waals surface area contributed by atoms with E-state index in [-0.39, 0.29) is 25.2 Å². The number of benzene rings is 1. The van der Waals surface area contributed by atoms with Gasteiger partial charge < -0.3 is 20.1 Å². The van der Waals surface area contributed by atoms with E-state index in [0.717, 1.165) is 25.0 Å². The number of fused-ring (bicyclic) bond motifs is 2. The van der Waals surface area contributed by atoms with Crippen LogP contribution in [0.15, 0.2) is 18.2 Å². The molecular weight excluding hydrogens is 354 g/mol.